The Morgan fingerprint density at radius 3 is 3.00 bits per heavy atom. The van der Waals surface area contributed by atoms with Crippen molar-refractivity contribution in [2.45, 2.75) is 40.0 Å². The molecule has 1 amide bonds. The van der Waals surface area contributed by atoms with Crippen LogP contribution in [0.2, 0.25) is 0 Å². The second-order valence-corrected chi connectivity index (χ2v) is 6.93. The van der Waals surface area contributed by atoms with E-state index < -0.39 is 0 Å². The van der Waals surface area contributed by atoms with Crippen molar-refractivity contribution in [3.8, 4) is 0 Å². The topological polar surface area (TPSA) is 84.1 Å². The van der Waals surface area contributed by atoms with Gasteiger partial charge < -0.3 is 16.0 Å². The number of carbonyl (C=O) groups is 1. The molecule has 1 fully saturated rings. The Labute approximate surface area is 138 Å². The molecule has 23 heavy (non-hydrogen) atoms. The molecule has 0 saturated carbocycles. The summed E-state index contributed by atoms with van der Waals surface area (Å²) >= 11 is 0. The average Bonchev–Trinajstić information content (AvgIpc) is 2.46. The zero-order valence-electron chi connectivity index (χ0n) is 14.5. The van der Waals surface area contributed by atoms with E-state index in [4.69, 9.17) is 5.73 Å². The Morgan fingerprint density at radius 1 is 1.52 bits per heavy atom. The van der Waals surface area contributed by atoms with Crippen molar-refractivity contribution < 1.29 is 4.79 Å². The Balaban J connectivity index is 1.77. The molecule has 1 unspecified atom stereocenters. The molecule has 3 N–H and O–H groups in total. The van der Waals surface area contributed by atoms with Crippen LogP contribution in [0.1, 0.15) is 49.2 Å². The Kier molecular flexibility index (Phi) is 6.33. The van der Waals surface area contributed by atoms with Crippen LogP contribution >= 0.6 is 0 Å². The molecule has 6 nitrogen and oxygen atoms in total. The number of aromatic nitrogens is 2. The van der Waals surface area contributed by atoms with E-state index in [-0.39, 0.29) is 11.9 Å². The van der Waals surface area contributed by atoms with Crippen LogP contribution in [-0.2, 0) is 0 Å². The van der Waals surface area contributed by atoms with E-state index in [2.05, 4.69) is 34.0 Å². The molecule has 1 aliphatic rings. The number of nitrogen functional groups attached to an aromatic ring is 1. The number of hydrogen-bond acceptors (Lipinski definition) is 5. The van der Waals surface area contributed by atoms with E-state index in [1.807, 2.05) is 0 Å². The fourth-order valence-electron chi connectivity index (χ4n) is 3.26. The number of amides is 1. The lowest BCUT2D eigenvalue weighted by molar-refractivity contribution is 0.0944. The molecule has 1 aliphatic heterocycles. The van der Waals surface area contributed by atoms with Crippen molar-refractivity contribution in [1.82, 2.24) is 20.2 Å². The number of rotatable bonds is 6. The summed E-state index contributed by atoms with van der Waals surface area (Å²) in [6, 6.07) is 0. The van der Waals surface area contributed by atoms with E-state index in [0.29, 0.717) is 29.6 Å². The highest BCUT2D eigenvalue weighted by molar-refractivity contribution is 5.94. The van der Waals surface area contributed by atoms with Gasteiger partial charge in [-0.25, -0.2) is 9.97 Å². The van der Waals surface area contributed by atoms with Crippen LogP contribution in [0.15, 0.2) is 6.20 Å². The highest BCUT2D eigenvalue weighted by Gasteiger charge is 2.20. The van der Waals surface area contributed by atoms with Crippen molar-refractivity contribution in [3.05, 3.63) is 17.5 Å². The second kappa shape index (κ2) is 8.24. The standard InChI is InChI=1S/C17H29N5O/c1-12(2)10-22-8-4-5-14(11-22)6-7-19-16(23)15-9-20-17(18)21-13(15)3/h9,12,14H,4-8,10-11H2,1-3H3,(H,19,23)(H2,18,20,21). The van der Waals surface area contributed by atoms with Gasteiger partial charge in [0.2, 0.25) is 5.95 Å². The maximum Gasteiger partial charge on any atom is 0.254 e. The molecule has 1 aromatic heterocycles. The molecule has 1 atom stereocenters. The van der Waals surface area contributed by atoms with Crippen LogP contribution in [-0.4, -0.2) is 47.0 Å². The van der Waals surface area contributed by atoms with E-state index in [1.165, 1.54) is 32.1 Å². The first-order valence-corrected chi connectivity index (χ1v) is 8.55. The minimum atomic E-state index is -0.114. The largest absolute Gasteiger partial charge is 0.368 e. The molecule has 1 saturated heterocycles. The molecule has 0 bridgehead atoms. The van der Waals surface area contributed by atoms with Crippen molar-refractivity contribution >= 4 is 11.9 Å². The number of likely N-dealkylation sites (tertiary alicyclic amines) is 1. The van der Waals surface area contributed by atoms with Gasteiger partial charge in [0, 0.05) is 25.8 Å². The van der Waals surface area contributed by atoms with Crippen LogP contribution in [0.3, 0.4) is 0 Å². The van der Waals surface area contributed by atoms with E-state index in [0.717, 1.165) is 13.0 Å². The smallest absolute Gasteiger partial charge is 0.254 e. The summed E-state index contributed by atoms with van der Waals surface area (Å²) in [5.41, 5.74) is 6.64. The first kappa shape index (κ1) is 17.7. The van der Waals surface area contributed by atoms with Crippen LogP contribution in [0.25, 0.3) is 0 Å². The van der Waals surface area contributed by atoms with Crippen LogP contribution in [0.4, 0.5) is 5.95 Å². The number of nitrogens with two attached hydrogens (primary N) is 1. The fraction of sp³-hybridized carbons (Fsp3) is 0.706. The van der Waals surface area contributed by atoms with Crippen LogP contribution in [0, 0.1) is 18.8 Å². The molecule has 0 spiro atoms. The molecule has 0 radical (unpaired) electrons. The number of nitrogens with zero attached hydrogens (tertiary/aromatic N) is 3. The number of piperidine rings is 1. The molecule has 1 aromatic rings. The Bertz CT molecular complexity index is 532. The summed E-state index contributed by atoms with van der Waals surface area (Å²) < 4.78 is 0. The van der Waals surface area contributed by atoms with Crippen molar-refractivity contribution in [2.24, 2.45) is 11.8 Å². The molecule has 128 valence electrons. The first-order chi connectivity index (χ1) is 11.0. The summed E-state index contributed by atoms with van der Waals surface area (Å²) in [5.74, 6) is 1.47. The maximum atomic E-state index is 12.2. The highest BCUT2D eigenvalue weighted by Crippen LogP contribution is 2.20. The third-order valence-electron chi connectivity index (χ3n) is 4.31. The number of carbonyl (C=O) groups excluding carboxylic acids is 1. The second-order valence-electron chi connectivity index (χ2n) is 6.93. The van der Waals surface area contributed by atoms with Gasteiger partial charge in [-0.1, -0.05) is 13.8 Å². The molecular formula is C17H29N5O. The number of nitrogens with one attached hydrogen (secondary N) is 1. The lowest BCUT2D eigenvalue weighted by Gasteiger charge is -2.33. The molecular weight excluding hydrogens is 290 g/mol. The van der Waals surface area contributed by atoms with Gasteiger partial charge in [-0.2, -0.15) is 0 Å². The summed E-state index contributed by atoms with van der Waals surface area (Å²) in [6.07, 6.45) is 5.04. The zero-order valence-corrected chi connectivity index (χ0v) is 14.5. The van der Waals surface area contributed by atoms with Crippen LogP contribution in [0.5, 0.6) is 0 Å². The van der Waals surface area contributed by atoms with E-state index >= 15 is 0 Å². The van der Waals surface area contributed by atoms with Gasteiger partial charge in [0.15, 0.2) is 0 Å². The van der Waals surface area contributed by atoms with Gasteiger partial charge in [-0.05, 0) is 44.6 Å². The maximum absolute atomic E-state index is 12.2. The molecule has 2 rings (SSSR count). The molecule has 2 heterocycles. The summed E-state index contributed by atoms with van der Waals surface area (Å²) in [6.45, 7) is 10.5. The van der Waals surface area contributed by atoms with Gasteiger partial charge in [-0.3, -0.25) is 4.79 Å². The monoisotopic (exact) mass is 319 g/mol. The van der Waals surface area contributed by atoms with Crippen molar-refractivity contribution in [1.29, 1.82) is 0 Å². The van der Waals surface area contributed by atoms with Gasteiger partial charge in [0.05, 0.1) is 11.3 Å². The Morgan fingerprint density at radius 2 is 2.30 bits per heavy atom. The minimum absolute atomic E-state index is 0.114. The molecule has 6 heteroatoms. The third-order valence-corrected chi connectivity index (χ3v) is 4.31. The van der Waals surface area contributed by atoms with Gasteiger partial charge in [0.1, 0.15) is 0 Å². The Hall–Kier alpha value is -1.69. The van der Waals surface area contributed by atoms with Crippen molar-refractivity contribution in [2.75, 3.05) is 31.9 Å². The van der Waals surface area contributed by atoms with Gasteiger partial charge in [0.25, 0.3) is 5.91 Å². The van der Waals surface area contributed by atoms with E-state index in [1.54, 1.807) is 6.92 Å². The number of anilines is 1. The molecule has 0 aromatic carbocycles. The lowest BCUT2D eigenvalue weighted by Crippen LogP contribution is -2.39. The summed E-state index contributed by atoms with van der Waals surface area (Å²) in [4.78, 5) is 22.7. The predicted molar refractivity (Wildman–Crippen MR) is 92.1 cm³/mol. The van der Waals surface area contributed by atoms with E-state index in [9.17, 15) is 4.79 Å². The SMILES string of the molecule is Cc1nc(N)ncc1C(=O)NCCC1CCCN(CC(C)C)C1. The summed E-state index contributed by atoms with van der Waals surface area (Å²) in [5, 5.41) is 2.98. The first-order valence-electron chi connectivity index (χ1n) is 8.55. The van der Waals surface area contributed by atoms with Crippen molar-refractivity contribution in [3.63, 3.8) is 0 Å². The van der Waals surface area contributed by atoms with Gasteiger partial charge >= 0.3 is 0 Å². The third kappa shape index (κ3) is 5.46. The lowest BCUT2D eigenvalue weighted by atomic mass is 9.94. The number of hydrogen-bond donors (Lipinski definition) is 2. The summed E-state index contributed by atoms with van der Waals surface area (Å²) in [7, 11) is 0. The fourth-order valence-corrected chi connectivity index (χ4v) is 3.26. The predicted octanol–water partition coefficient (Wildman–Crippen LogP) is 1.86. The minimum Gasteiger partial charge on any atom is -0.368 e. The normalized spacial score (nSPS) is 19.0. The molecule has 0 aliphatic carbocycles. The van der Waals surface area contributed by atoms with Crippen LogP contribution < -0.4 is 11.1 Å². The highest BCUT2D eigenvalue weighted by atomic mass is 16.1. The number of aryl methyl sites for hydroxylation is 1. The average molecular weight is 319 g/mol. The quantitative estimate of drug-likeness (QED) is 0.836. The van der Waals surface area contributed by atoms with Gasteiger partial charge in [-0.15, -0.1) is 0 Å². The zero-order chi connectivity index (χ0) is 16.8.